The van der Waals surface area contributed by atoms with Crippen LogP contribution >= 0.6 is 0 Å². The van der Waals surface area contributed by atoms with E-state index in [1.54, 1.807) is 0 Å². The van der Waals surface area contributed by atoms with Crippen molar-refractivity contribution in [3.8, 4) is 17.6 Å². The zero-order chi connectivity index (χ0) is 11.3. The maximum Gasteiger partial charge on any atom is 0.217 e. The third-order valence-electron chi connectivity index (χ3n) is 1.61. The molecule has 0 unspecified atom stereocenters. The smallest absolute Gasteiger partial charge is 0.217 e. The Kier molecular flexibility index (Phi) is 3.69. The van der Waals surface area contributed by atoms with Gasteiger partial charge in [0, 0.05) is 6.92 Å². The Morgan fingerprint density at radius 1 is 1.60 bits per heavy atom. The Morgan fingerprint density at radius 2 is 2.33 bits per heavy atom. The number of aromatic hydroxyl groups is 1. The van der Waals surface area contributed by atoms with Crippen LogP contribution in [0.5, 0.6) is 5.75 Å². The standard InChI is InChI=1S/C11H10FNO2/c1-8(14)13-6-2-3-9-7-10(12)4-5-11(9)15/h4-5,7,15H,6H2,1H3,(H,13,14). The van der Waals surface area contributed by atoms with Gasteiger partial charge in [0.15, 0.2) is 0 Å². The second kappa shape index (κ2) is 5.01. The summed E-state index contributed by atoms with van der Waals surface area (Å²) in [6.45, 7) is 1.55. The molecule has 0 bridgehead atoms. The lowest BCUT2D eigenvalue weighted by Gasteiger charge is -1.96. The molecule has 0 saturated heterocycles. The van der Waals surface area contributed by atoms with E-state index in [0.29, 0.717) is 0 Å². The Morgan fingerprint density at radius 3 is 3.00 bits per heavy atom. The lowest BCUT2D eigenvalue weighted by Crippen LogP contribution is -2.19. The number of hydrogen-bond acceptors (Lipinski definition) is 2. The number of phenols is 1. The van der Waals surface area contributed by atoms with Crippen LogP contribution in [-0.2, 0) is 4.79 Å². The highest BCUT2D eigenvalue weighted by atomic mass is 19.1. The van der Waals surface area contributed by atoms with Gasteiger partial charge in [-0.25, -0.2) is 4.39 Å². The van der Waals surface area contributed by atoms with Crippen molar-refractivity contribution in [1.82, 2.24) is 5.32 Å². The second-order valence-electron chi connectivity index (χ2n) is 2.87. The van der Waals surface area contributed by atoms with E-state index in [-0.39, 0.29) is 23.8 Å². The maximum atomic E-state index is 12.7. The minimum Gasteiger partial charge on any atom is -0.507 e. The molecule has 2 N–H and O–H groups in total. The molecule has 78 valence electrons. The first-order valence-corrected chi connectivity index (χ1v) is 4.31. The number of amides is 1. The maximum absolute atomic E-state index is 12.7. The van der Waals surface area contributed by atoms with E-state index in [0.717, 1.165) is 12.1 Å². The summed E-state index contributed by atoms with van der Waals surface area (Å²) in [5, 5.41) is 11.7. The molecule has 0 aliphatic heterocycles. The van der Waals surface area contributed by atoms with Crippen LogP contribution in [-0.4, -0.2) is 17.6 Å². The number of benzene rings is 1. The molecule has 0 radical (unpaired) electrons. The third-order valence-corrected chi connectivity index (χ3v) is 1.61. The fraction of sp³-hybridized carbons (Fsp3) is 0.182. The molecular weight excluding hydrogens is 197 g/mol. The zero-order valence-electron chi connectivity index (χ0n) is 8.17. The average Bonchev–Trinajstić information content (AvgIpc) is 2.17. The minimum atomic E-state index is -0.461. The number of phenolic OH excluding ortho intramolecular Hbond substituents is 1. The molecule has 3 nitrogen and oxygen atoms in total. The summed E-state index contributed by atoms with van der Waals surface area (Å²) >= 11 is 0. The lowest BCUT2D eigenvalue weighted by atomic mass is 10.2. The van der Waals surface area contributed by atoms with Gasteiger partial charge in [-0.05, 0) is 18.2 Å². The van der Waals surface area contributed by atoms with Crippen LogP contribution in [0.15, 0.2) is 18.2 Å². The van der Waals surface area contributed by atoms with Gasteiger partial charge < -0.3 is 10.4 Å². The summed E-state index contributed by atoms with van der Waals surface area (Å²) in [4.78, 5) is 10.5. The van der Waals surface area contributed by atoms with Crippen LogP contribution in [0.1, 0.15) is 12.5 Å². The van der Waals surface area contributed by atoms with E-state index in [9.17, 15) is 14.3 Å². The van der Waals surface area contributed by atoms with E-state index in [4.69, 9.17) is 0 Å². The Balaban J connectivity index is 2.71. The number of hydrogen-bond donors (Lipinski definition) is 2. The summed E-state index contributed by atoms with van der Waals surface area (Å²) < 4.78 is 12.7. The van der Waals surface area contributed by atoms with Crippen LogP contribution in [0.4, 0.5) is 4.39 Å². The van der Waals surface area contributed by atoms with Crippen LogP contribution in [0.2, 0.25) is 0 Å². The number of rotatable bonds is 1. The van der Waals surface area contributed by atoms with Crippen LogP contribution in [0, 0.1) is 17.7 Å². The van der Waals surface area contributed by atoms with Crippen molar-refractivity contribution in [2.45, 2.75) is 6.92 Å². The molecule has 1 aromatic carbocycles. The number of halogens is 1. The zero-order valence-corrected chi connectivity index (χ0v) is 8.17. The molecule has 1 rings (SSSR count). The Hall–Kier alpha value is -2.02. The largest absolute Gasteiger partial charge is 0.507 e. The molecule has 0 aliphatic carbocycles. The van der Waals surface area contributed by atoms with Gasteiger partial charge in [0.1, 0.15) is 11.6 Å². The topological polar surface area (TPSA) is 49.3 Å². The SMILES string of the molecule is CC(=O)NCC#Cc1cc(F)ccc1O. The van der Waals surface area contributed by atoms with Crippen LogP contribution in [0.25, 0.3) is 0 Å². The fourth-order valence-electron chi connectivity index (χ4n) is 0.916. The van der Waals surface area contributed by atoms with Crippen LogP contribution < -0.4 is 5.32 Å². The molecule has 1 aromatic rings. The molecule has 0 spiro atoms. The predicted octanol–water partition coefficient (Wildman–Crippen LogP) is 1.02. The first kappa shape index (κ1) is 11.1. The number of carbonyl (C=O) groups excluding carboxylic acids is 1. The molecule has 0 aliphatic rings. The summed E-state index contributed by atoms with van der Waals surface area (Å²) in [7, 11) is 0. The predicted molar refractivity (Wildman–Crippen MR) is 53.6 cm³/mol. The van der Waals surface area contributed by atoms with Crippen molar-refractivity contribution in [2.24, 2.45) is 0 Å². The van der Waals surface area contributed by atoms with Crippen molar-refractivity contribution < 1.29 is 14.3 Å². The van der Waals surface area contributed by atoms with E-state index in [2.05, 4.69) is 17.2 Å². The van der Waals surface area contributed by atoms with Gasteiger partial charge in [0.2, 0.25) is 5.91 Å². The average molecular weight is 207 g/mol. The highest BCUT2D eigenvalue weighted by Gasteiger charge is 1.98. The van der Waals surface area contributed by atoms with Gasteiger partial charge in [-0.1, -0.05) is 11.8 Å². The molecule has 0 atom stereocenters. The quantitative estimate of drug-likeness (QED) is 0.675. The summed E-state index contributed by atoms with van der Waals surface area (Å²) in [5.74, 6) is 4.42. The van der Waals surface area contributed by atoms with Crippen LogP contribution in [0.3, 0.4) is 0 Å². The Bertz CT molecular complexity index is 432. The number of nitrogens with one attached hydrogen (secondary N) is 1. The minimum absolute atomic E-state index is 0.0771. The fourth-order valence-corrected chi connectivity index (χ4v) is 0.916. The monoisotopic (exact) mass is 207 g/mol. The molecule has 15 heavy (non-hydrogen) atoms. The molecule has 4 heteroatoms. The molecule has 0 fully saturated rings. The lowest BCUT2D eigenvalue weighted by molar-refractivity contribution is -0.118. The third kappa shape index (κ3) is 3.69. The Labute approximate surface area is 86.9 Å². The molecule has 0 aromatic heterocycles. The van der Waals surface area contributed by atoms with Gasteiger partial charge in [0.25, 0.3) is 0 Å². The summed E-state index contributed by atoms with van der Waals surface area (Å²) in [6.07, 6.45) is 0. The van der Waals surface area contributed by atoms with Gasteiger partial charge in [-0.3, -0.25) is 4.79 Å². The van der Waals surface area contributed by atoms with E-state index >= 15 is 0 Å². The van der Waals surface area contributed by atoms with Crippen molar-refractivity contribution >= 4 is 5.91 Å². The van der Waals surface area contributed by atoms with E-state index < -0.39 is 5.82 Å². The normalized spacial score (nSPS) is 8.93. The van der Waals surface area contributed by atoms with Crippen molar-refractivity contribution in [1.29, 1.82) is 0 Å². The highest BCUT2D eigenvalue weighted by molar-refractivity contribution is 5.73. The van der Waals surface area contributed by atoms with Gasteiger partial charge >= 0.3 is 0 Å². The van der Waals surface area contributed by atoms with Crippen molar-refractivity contribution in [3.63, 3.8) is 0 Å². The van der Waals surface area contributed by atoms with Gasteiger partial charge in [-0.15, -0.1) is 0 Å². The summed E-state index contributed by atoms with van der Waals surface area (Å²) in [6, 6.07) is 3.52. The molecular formula is C11H10FNO2. The number of carbonyl (C=O) groups is 1. The van der Waals surface area contributed by atoms with E-state index in [1.165, 1.54) is 13.0 Å². The van der Waals surface area contributed by atoms with Crippen molar-refractivity contribution in [3.05, 3.63) is 29.6 Å². The van der Waals surface area contributed by atoms with Crippen molar-refractivity contribution in [2.75, 3.05) is 6.54 Å². The molecule has 1 amide bonds. The second-order valence-corrected chi connectivity index (χ2v) is 2.87. The first-order chi connectivity index (χ1) is 7.09. The molecule has 0 heterocycles. The highest BCUT2D eigenvalue weighted by Crippen LogP contribution is 2.15. The molecule has 0 saturated carbocycles. The van der Waals surface area contributed by atoms with Gasteiger partial charge in [0.05, 0.1) is 12.1 Å². The van der Waals surface area contributed by atoms with Gasteiger partial charge in [-0.2, -0.15) is 0 Å². The first-order valence-electron chi connectivity index (χ1n) is 4.31. The van der Waals surface area contributed by atoms with E-state index in [1.807, 2.05) is 0 Å². The summed E-state index contributed by atoms with van der Waals surface area (Å²) in [5.41, 5.74) is 0.209.